The molecule has 0 aromatic heterocycles. The van der Waals surface area contributed by atoms with Crippen LogP contribution in [-0.4, -0.2) is 26.2 Å². The Hall–Kier alpha value is -1.45. The molecule has 1 aromatic rings. The van der Waals surface area contributed by atoms with Crippen LogP contribution in [0.4, 0.5) is 20.2 Å². The van der Waals surface area contributed by atoms with Crippen LogP contribution in [0.2, 0.25) is 0 Å². The van der Waals surface area contributed by atoms with Gasteiger partial charge >= 0.3 is 0 Å². The van der Waals surface area contributed by atoms with E-state index in [4.69, 9.17) is 0 Å². The molecule has 1 rings (SSSR count). The SMILES string of the molecule is CC(=Nc1cccc(N(C)C)c1)C(F)F. The van der Waals surface area contributed by atoms with Crippen LogP contribution in [0.15, 0.2) is 29.3 Å². The number of anilines is 1. The molecule has 0 bridgehead atoms. The summed E-state index contributed by atoms with van der Waals surface area (Å²) in [5, 5.41) is 0. The smallest absolute Gasteiger partial charge is 0.276 e. The molecular formula is C11H14F2N2. The second-order valence-corrected chi connectivity index (χ2v) is 3.47. The number of hydrogen-bond acceptors (Lipinski definition) is 2. The molecule has 1 aromatic carbocycles. The second-order valence-electron chi connectivity index (χ2n) is 3.47. The van der Waals surface area contributed by atoms with Gasteiger partial charge in [0, 0.05) is 19.8 Å². The van der Waals surface area contributed by atoms with Crippen LogP contribution < -0.4 is 4.90 Å². The van der Waals surface area contributed by atoms with Crippen molar-refractivity contribution in [3.8, 4) is 0 Å². The number of halogens is 2. The Bertz CT molecular complexity index is 359. The molecule has 0 N–H and O–H groups in total. The van der Waals surface area contributed by atoms with Gasteiger partial charge in [0.15, 0.2) is 0 Å². The van der Waals surface area contributed by atoms with E-state index >= 15 is 0 Å². The highest BCUT2D eigenvalue weighted by molar-refractivity contribution is 5.87. The van der Waals surface area contributed by atoms with Crippen LogP contribution in [0.25, 0.3) is 0 Å². The van der Waals surface area contributed by atoms with E-state index in [1.54, 1.807) is 18.2 Å². The largest absolute Gasteiger partial charge is 0.378 e. The van der Waals surface area contributed by atoms with Gasteiger partial charge in [0.1, 0.15) is 0 Å². The molecule has 0 atom stereocenters. The minimum atomic E-state index is -2.49. The number of hydrogen-bond donors (Lipinski definition) is 0. The zero-order valence-corrected chi connectivity index (χ0v) is 9.04. The van der Waals surface area contributed by atoms with Gasteiger partial charge in [-0.25, -0.2) is 8.78 Å². The molecule has 0 radical (unpaired) electrons. The van der Waals surface area contributed by atoms with Crippen LogP contribution in [0, 0.1) is 0 Å². The fourth-order valence-corrected chi connectivity index (χ4v) is 1.09. The average Bonchev–Trinajstić information content (AvgIpc) is 2.18. The van der Waals surface area contributed by atoms with Gasteiger partial charge < -0.3 is 4.90 Å². The number of aliphatic imine (C=N–C) groups is 1. The summed E-state index contributed by atoms with van der Waals surface area (Å²) in [6, 6.07) is 7.18. The Morgan fingerprint density at radius 1 is 1.33 bits per heavy atom. The topological polar surface area (TPSA) is 15.6 Å². The standard InChI is InChI=1S/C11H14F2N2/c1-8(11(12)13)14-9-5-4-6-10(7-9)15(2)3/h4-7,11H,1-3H3. The van der Waals surface area contributed by atoms with E-state index in [2.05, 4.69) is 4.99 Å². The lowest BCUT2D eigenvalue weighted by atomic mass is 10.2. The third kappa shape index (κ3) is 3.31. The highest BCUT2D eigenvalue weighted by Crippen LogP contribution is 2.20. The van der Waals surface area contributed by atoms with Crippen molar-refractivity contribution >= 4 is 17.1 Å². The van der Waals surface area contributed by atoms with Gasteiger partial charge in [-0.15, -0.1) is 0 Å². The lowest BCUT2D eigenvalue weighted by Gasteiger charge is -2.12. The first-order valence-electron chi connectivity index (χ1n) is 4.61. The van der Waals surface area contributed by atoms with Crippen molar-refractivity contribution in [3.05, 3.63) is 24.3 Å². The lowest BCUT2D eigenvalue weighted by molar-refractivity contribution is 0.225. The minimum Gasteiger partial charge on any atom is -0.378 e. The molecule has 0 aliphatic carbocycles. The molecule has 2 nitrogen and oxygen atoms in total. The van der Waals surface area contributed by atoms with Crippen molar-refractivity contribution in [1.29, 1.82) is 0 Å². The van der Waals surface area contributed by atoms with E-state index in [1.165, 1.54) is 6.92 Å². The van der Waals surface area contributed by atoms with Gasteiger partial charge in [0.25, 0.3) is 6.43 Å². The summed E-state index contributed by atoms with van der Waals surface area (Å²) in [4.78, 5) is 5.74. The van der Waals surface area contributed by atoms with E-state index in [0.29, 0.717) is 5.69 Å². The minimum absolute atomic E-state index is 0.161. The Kier molecular flexibility index (Phi) is 3.77. The Balaban J connectivity index is 2.96. The molecule has 4 heteroatoms. The molecule has 0 amide bonds. The van der Waals surface area contributed by atoms with E-state index in [0.717, 1.165) is 5.69 Å². The average molecular weight is 212 g/mol. The third-order valence-electron chi connectivity index (χ3n) is 1.97. The Morgan fingerprint density at radius 3 is 2.53 bits per heavy atom. The van der Waals surface area contributed by atoms with Gasteiger partial charge in [-0.3, -0.25) is 4.99 Å². The molecule has 15 heavy (non-hydrogen) atoms. The summed E-state index contributed by atoms with van der Waals surface area (Å²) < 4.78 is 24.5. The van der Waals surface area contributed by atoms with E-state index < -0.39 is 6.43 Å². The molecule has 0 saturated heterocycles. The number of alkyl halides is 2. The fraction of sp³-hybridized carbons (Fsp3) is 0.364. The maximum atomic E-state index is 12.2. The second kappa shape index (κ2) is 4.87. The lowest BCUT2D eigenvalue weighted by Crippen LogP contribution is -2.08. The van der Waals surface area contributed by atoms with Crippen molar-refractivity contribution < 1.29 is 8.78 Å². The summed E-state index contributed by atoms with van der Waals surface area (Å²) >= 11 is 0. The maximum Gasteiger partial charge on any atom is 0.276 e. The summed E-state index contributed by atoms with van der Waals surface area (Å²) in [6.07, 6.45) is -2.49. The maximum absolute atomic E-state index is 12.2. The summed E-state index contributed by atoms with van der Waals surface area (Å²) in [7, 11) is 3.78. The fourth-order valence-electron chi connectivity index (χ4n) is 1.09. The third-order valence-corrected chi connectivity index (χ3v) is 1.97. The Labute approximate surface area is 88.2 Å². The first-order valence-corrected chi connectivity index (χ1v) is 4.61. The summed E-state index contributed by atoms with van der Waals surface area (Å²) in [5.74, 6) is 0. The molecule has 0 spiro atoms. The van der Waals surface area contributed by atoms with E-state index in [-0.39, 0.29) is 5.71 Å². The molecule has 0 aliphatic rings. The molecule has 0 unspecified atom stereocenters. The molecule has 0 saturated carbocycles. The number of rotatable bonds is 3. The van der Waals surface area contributed by atoms with Crippen LogP contribution in [0.1, 0.15) is 6.92 Å². The highest BCUT2D eigenvalue weighted by Gasteiger charge is 2.06. The molecule has 0 fully saturated rings. The highest BCUT2D eigenvalue weighted by atomic mass is 19.3. The van der Waals surface area contributed by atoms with Crippen LogP contribution in [-0.2, 0) is 0 Å². The molecule has 0 heterocycles. The zero-order chi connectivity index (χ0) is 11.4. The van der Waals surface area contributed by atoms with Gasteiger partial charge in [0.05, 0.1) is 11.4 Å². The predicted octanol–water partition coefficient (Wildman–Crippen LogP) is 3.11. The van der Waals surface area contributed by atoms with Crippen LogP contribution >= 0.6 is 0 Å². The van der Waals surface area contributed by atoms with Crippen LogP contribution in [0.5, 0.6) is 0 Å². The first kappa shape index (κ1) is 11.6. The predicted molar refractivity (Wildman–Crippen MR) is 59.5 cm³/mol. The van der Waals surface area contributed by atoms with Gasteiger partial charge in [-0.05, 0) is 25.1 Å². The summed E-state index contributed by atoms with van der Waals surface area (Å²) in [6.45, 7) is 1.33. The van der Waals surface area contributed by atoms with Gasteiger partial charge in [-0.2, -0.15) is 0 Å². The van der Waals surface area contributed by atoms with Crippen molar-refractivity contribution in [3.63, 3.8) is 0 Å². The first-order chi connectivity index (χ1) is 7.00. The van der Waals surface area contributed by atoms with Crippen molar-refractivity contribution in [1.82, 2.24) is 0 Å². The number of benzene rings is 1. The molecular weight excluding hydrogens is 198 g/mol. The molecule has 82 valence electrons. The van der Waals surface area contributed by atoms with Crippen molar-refractivity contribution in [2.45, 2.75) is 13.3 Å². The van der Waals surface area contributed by atoms with Gasteiger partial charge in [0.2, 0.25) is 0 Å². The van der Waals surface area contributed by atoms with E-state index in [9.17, 15) is 8.78 Å². The van der Waals surface area contributed by atoms with Crippen molar-refractivity contribution in [2.75, 3.05) is 19.0 Å². The van der Waals surface area contributed by atoms with Gasteiger partial charge in [-0.1, -0.05) is 6.07 Å². The monoisotopic (exact) mass is 212 g/mol. The number of nitrogens with zero attached hydrogens (tertiary/aromatic N) is 2. The zero-order valence-electron chi connectivity index (χ0n) is 9.04. The molecule has 0 aliphatic heterocycles. The van der Waals surface area contributed by atoms with Crippen LogP contribution in [0.3, 0.4) is 0 Å². The quantitative estimate of drug-likeness (QED) is 0.703. The Morgan fingerprint density at radius 2 is 2.00 bits per heavy atom. The van der Waals surface area contributed by atoms with Crippen molar-refractivity contribution in [2.24, 2.45) is 4.99 Å². The summed E-state index contributed by atoms with van der Waals surface area (Å²) in [5.41, 5.74) is 1.34. The van der Waals surface area contributed by atoms with E-state index in [1.807, 2.05) is 25.1 Å². The normalized spacial score (nSPS) is 12.0.